The number of pyridine rings is 1. The standard InChI is InChI=1S/C18H22N2O4/c1-18(2,3)12-5-4-11-8-9-19-16(13(11)10-12)20-14(17(23)24)6-7-15(21)22/h4-5,8-10,14H,6-7H2,1-3H3,(H,19,20)(H,21,22)(H,23,24). The summed E-state index contributed by atoms with van der Waals surface area (Å²) in [7, 11) is 0. The molecule has 6 heteroatoms. The van der Waals surface area contributed by atoms with Gasteiger partial charge in [0.2, 0.25) is 0 Å². The van der Waals surface area contributed by atoms with E-state index in [2.05, 4.69) is 31.1 Å². The van der Waals surface area contributed by atoms with Gasteiger partial charge in [-0.15, -0.1) is 0 Å². The zero-order chi connectivity index (χ0) is 17.9. The molecule has 0 aliphatic heterocycles. The summed E-state index contributed by atoms with van der Waals surface area (Å²) in [5.74, 6) is -1.66. The molecule has 0 bridgehead atoms. The molecule has 0 saturated carbocycles. The monoisotopic (exact) mass is 330 g/mol. The Labute approximate surface area is 140 Å². The number of hydrogen-bond acceptors (Lipinski definition) is 4. The van der Waals surface area contributed by atoms with Crippen molar-refractivity contribution >= 4 is 28.5 Å². The summed E-state index contributed by atoms with van der Waals surface area (Å²) in [5, 5.41) is 22.7. The predicted octanol–water partition coefficient (Wildman–Crippen LogP) is 3.26. The highest BCUT2D eigenvalue weighted by molar-refractivity contribution is 5.93. The first-order valence-electron chi connectivity index (χ1n) is 7.79. The van der Waals surface area contributed by atoms with Gasteiger partial charge in [0, 0.05) is 18.0 Å². The Balaban J connectivity index is 2.39. The number of fused-ring (bicyclic) bond motifs is 1. The zero-order valence-electron chi connectivity index (χ0n) is 14.0. The maximum atomic E-state index is 11.4. The van der Waals surface area contributed by atoms with Crippen LogP contribution in [0.2, 0.25) is 0 Å². The first kappa shape index (κ1) is 17.7. The summed E-state index contributed by atoms with van der Waals surface area (Å²) in [4.78, 5) is 26.4. The summed E-state index contributed by atoms with van der Waals surface area (Å²) >= 11 is 0. The number of anilines is 1. The Hall–Kier alpha value is -2.63. The van der Waals surface area contributed by atoms with Gasteiger partial charge in [0.1, 0.15) is 11.9 Å². The van der Waals surface area contributed by atoms with Crippen LogP contribution in [0.5, 0.6) is 0 Å². The minimum Gasteiger partial charge on any atom is -0.481 e. The molecule has 1 unspecified atom stereocenters. The average Bonchev–Trinajstić information content (AvgIpc) is 2.49. The lowest BCUT2D eigenvalue weighted by Gasteiger charge is -2.21. The second-order valence-electron chi connectivity index (χ2n) is 6.81. The van der Waals surface area contributed by atoms with Gasteiger partial charge in [-0.25, -0.2) is 9.78 Å². The van der Waals surface area contributed by atoms with E-state index in [1.807, 2.05) is 24.3 Å². The third kappa shape index (κ3) is 4.22. The molecule has 0 aliphatic rings. The van der Waals surface area contributed by atoms with E-state index >= 15 is 0 Å². The van der Waals surface area contributed by atoms with E-state index in [0.717, 1.165) is 16.3 Å². The molecule has 0 amide bonds. The Bertz CT molecular complexity index is 765. The van der Waals surface area contributed by atoms with E-state index in [4.69, 9.17) is 5.11 Å². The Morgan fingerprint density at radius 2 is 1.92 bits per heavy atom. The molecule has 0 radical (unpaired) electrons. The SMILES string of the molecule is CC(C)(C)c1ccc2ccnc(NC(CCC(=O)O)C(=O)O)c2c1. The van der Waals surface area contributed by atoms with E-state index in [9.17, 15) is 14.7 Å². The molecule has 1 aromatic heterocycles. The number of nitrogens with zero attached hydrogens (tertiary/aromatic N) is 1. The molecular formula is C18H22N2O4. The van der Waals surface area contributed by atoms with Crippen LogP contribution < -0.4 is 5.32 Å². The van der Waals surface area contributed by atoms with Crippen LogP contribution in [0.25, 0.3) is 10.8 Å². The van der Waals surface area contributed by atoms with Crippen LogP contribution >= 0.6 is 0 Å². The largest absolute Gasteiger partial charge is 0.481 e. The third-order valence-corrected chi connectivity index (χ3v) is 3.89. The Kier molecular flexibility index (Phi) is 5.07. The normalized spacial score (nSPS) is 12.8. The molecule has 6 nitrogen and oxygen atoms in total. The van der Waals surface area contributed by atoms with Crippen molar-refractivity contribution in [1.82, 2.24) is 4.98 Å². The van der Waals surface area contributed by atoms with Crippen LogP contribution in [0, 0.1) is 0 Å². The summed E-state index contributed by atoms with van der Waals surface area (Å²) in [6.45, 7) is 6.31. The fraction of sp³-hybridized carbons (Fsp3) is 0.389. The van der Waals surface area contributed by atoms with Gasteiger partial charge in [-0.2, -0.15) is 0 Å². The zero-order valence-corrected chi connectivity index (χ0v) is 14.0. The van der Waals surface area contributed by atoms with E-state index < -0.39 is 18.0 Å². The van der Waals surface area contributed by atoms with Gasteiger partial charge in [-0.05, 0) is 34.9 Å². The molecule has 1 atom stereocenters. The van der Waals surface area contributed by atoms with Gasteiger partial charge in [-0.3, -0.25) is 4.79 Å². The minimum absolute atomic E-state index is 0.0122. The number of aromatic nitrogens is 1. The minimum atomic E-state index is -1.10. The second kappa shape index (κ2) is 6.86. The van der Waals surface area contributed by atoms with Crippen molar-refractivity contribution in [2.75, 3.05) is 5.32 Å². The Morgan fingerprint density at radius 1 is 1.21 bits per heavy atom. The molecule has 2 rings (SSSR count). The molecule has 0 fully saturated rings. The van der Waals surface area contributed by atoms with E-state index in [-0.39, 0.29) is 18.3 Å². The number of nitrogens with one attached hydrogen (secondary N) is 1. The van der Waals surface area contributed by atoms with Gasteiger partial charge in [0.15, 0.2) is 0 Å². The average molecular weight is 330 g/mol. The summed E-state index contributed by atoms with van der Waals surface area (Å²) in [6, 6.07) is 6.89. The number of hydrogen-bond donors (Lipinski definition) is 3. The van der Waals surface area contributed by atoms with Gasteiger partial charge in [0.25, 0.3) is 0 Å². The predicted molar refractivity (Wildman–Crippen MR) is 92.4 cm³/mol. The summed E-state index contributed by atoms with van der Waals surface area (Å²) in [5.41, 5.74) is 1.07. The van der Waals surface area contributed by atoms with Crippen LogP contribution in [0.3, 0.4) is 0 Å². The molecule has 3 N–H and O–H groups in total. The highest BCUT2D eigenvalue weighted by Gasteiger charge is 2.21. The van der Waals surface area contributed by atoms with Crippen LogP contribution in [0.15, 0.2) is 30.5 Å². The van der Waals surface area contributed by atoms with Gasteiger partial charge >= 0.3 is 11.9 Å². The molecule has 1 heterocycles. The summed E-state index contributed by atoms with van der Waals surface area (Å²) in [6.07, 6.45) is 1.38. The highest BCUT2D eigenvalue weighted by atomic mass is 16.4. The van der Waals surface area contributed by atoms with Crippen molar-refractivity contribution in [3.8, 4) is 0 Å². The number of carboxylic acid groups (broad SMARTS) is 2. The van der Waals surface area contributed by atoms with Gasteiger partial charge in [-0.1, -0.05) is 32.9 Å². The fourth-order valence-corrected chi connectivity index (χ4v) is 2.44. The topological polar surface area (TPSA) is 99.5 Å². The maximum absolute atomic E-state index is 11.4. The molecule has 0 saturated heterocycles. The molecule has 0 aliphatic carbocycles. The number of carbonyl (C=O) groups is 2. The molecule has 128 valence electrons. The van der Waals surface area contributed by atoms with E-state index in [0.29, 0.717) is 5.82 Å². The van der Waals surface area contributed by atoms with Crippen molar-refractivity contribution in [2.45, 2.75) is 45.1 Å². The first-order chi connectivity index (χ1) is 11.2. The number of aliphatic carboxylic acids is 2. The van der Waals surface area contributed by atoms with E-state index in [1.165, 1.54) is 0 Å². The van der Waals surface area contributed by atoms with Crippen molar-refractivity contribution in [3.05, 3.63) is 36.0 Å². The molecule has 2 aromatic rings. The molecule has 0 spiro atoms. The molecular weight excluding hydrogens is 308 g/mol. The lowest BCUT2D eigenvalue weighted by molar-refractivity contribution is -0.139. The van der Waals surface area contributed by atoms with Crippen LogP contribution in [-0.2, 0) is 15.0 Å². The van der Waals surface area contributed by atoms with Crippen molar-refractivity contribution < 1.29 is 19.8 Å². The van der Waals surface area contributed by atoms with Crippen LogP contribution in [-0.4, -0.2) is 33.2 Å². The lowest BCUT2D eigenvalue weighted by atomic mass is 9.86. The van der Waals surface area contributed by atoms with Gasteiger partial charge in [0.05, 0.1) is 0 Å². The van der Waals surface area contributed by atoms with Crippen molar-refractivity contribution in [3.63, 3.8) is 0 Å². The fourth-order valence-electron chi connectivity index (χ4n) is 2.44. The van der Waals surface area contributed by atoms with E-state index in [1.54, 1.807) is 6.20 Å². The smallest absolute Gasteiger partial charge is 0.326 e. The number of rotatable bonds is 6. The second-order valence-corrected chi connectivity index (χ2v) is 6.81. The van der Waals surface area contributed by atoms with Crippen LogP contribution in [0.1, 0.15) is 39.2 Å². The van der Waals surface area contributed by atoms with Crippen LogP contribution in [0.4, 0.5) is 5.82 Å². The van der Waals surface area contributed by atoms with Crippen molar-refractivity contribution in [2.24, 2.45) is 0 Å². The third-order valence-electron chi connectivity index (χ3n) is 3.89. The maximum Gasteiger partial charge on any atom is 0.326 e. The lowest BCUT2D eigenvalue weighted by Crippen LogP contribution is -2.30. The highest BCUT2D eigenvalue weighted by Crippen LogP contribution is 2.29. The summed E-state index contributed by atoms with van der Waals surface area (Å²) < 4.78 is 0. The Morgan fingerprint density at radius 3 is 2.50 bits per heavy atom. The van der Waals surface area contributed by atoms with Crippen molar-refractivity contribution in [1.29, 1.82) is 0 Å². The first-order valence-corrected chi connectivity index (χ1v) is 7.79. The molecule has 24 heavy (non-hydrogen) atoms. The number of benzene rings is 1. The number of carboxylic acids is 2. The van der Waals surface area contributed by atoms with Gasteiger partial charge < -0.3 is 15.5 Å². The molecule has 1 aromatic carbocycles. The quantitative estimate of drug-likeness (QED) is 0.752.